The maximum Gasteiger partial charge on any atom is 0.224 e. The summed E-state index contributed by atoms with van der Waals surface area (Å²) in [5.41, 5.74) is 2.25. The third kappa shape index (κ3) is 6.32. The predicted molar refractivity (Wildman–Crippen MR) is 116 cm³/mol. The molecule has 6 heteroatoms. The lowest BCUT2D eigenvalue weighted by molar-refractivity contribution is 0.197. The number of rotatable bonds is 9. The number of methoxy groups -OCH3 is 1. The van der Waals surface area contributed by atoms with Gasteiger partial charge in [-0.2, -0.15) is 4.98 Å². The maximum absolute atomic E-state index is 5.09. The summed E-state index contributed by atoms with van der Waals surface area (Å²) >= 11 is 0. The van der Waals surface area contributed by atoms with Crippen LogP contribution in [0.2, 0.25) is 0 Å². The van der Waals surface area contributed by atoms with Gasteiger partial charge in [-0.05, 0) is 18.9 Å². The molecule has 1 aliphatic heterocycles. The summed E-state index contributed by atoms with van der Waals surface area (Å²) in [6, 6.07) is 12.5. The molecule has 1 aromatic carbocycles. The number of benzene rings is 1. The minimum Gasteiger partial charge on any atom is -0.385 e. The highest BCUT2D eigenvalue weighted by Gasteiger charge is 2.18. The molecule has 2 aromatic rings. The third-order valence-corrected chi connectivity index (χ3v) is 4.82. The van der Waals surface area contributed by atoms with E-state index in [4.69, 9.17) is 9.72 Å². The maximum atomic E-state index is 5.09. The normalized spacial score (nSPS) is 15.3. The molecule has 150 valence electrons. The van der Waals surface area contributed by atoms with Crippen molar-refractivity contribution < 1.29 is 4.74 Å². The van der Waals surface area contributed by atoms with Gasteiger partial charge in [-0.25, -0.2) is 4.98 Å². The van der Waals surface area contributed by atoms with Gasteiger partial charge in [0, 0.05) is 64.7 Å². The molecule has 0 bridgehead atoms. The monoisotopic (exact) mass is 381 g/mol. The number of aryl methyl sites for hydroxylation is 1. The first-order valence-electron chi connectivity index (χ1n) is 10.0. The quantitative estimate of drug-likeness (QED) is 0.674. The van der Waals surface area contributed by atoms with Gasteiger partial charge in [-0.15, -0.1) is 0 Å². The van der Waals surface area contributed by atoms with E-state index in [0.717, 1.165) is 63.8 Å². The molecule has 0 aliphatic carbocycles. The smallest absolute Gasteiger partial charge is 0.224 e. The van der Waals surface area contributed by atoms with E-state index < -0.39 is 0 Å². The van der Waals surface area contributed by atoms with Crippen molar-refractivity contribution in [3.05, 3.63) is 53.7 Å². The number of hydrogen-bond donors (Lipinski definition) is 1. The van der Waals surface area contributed by atoms with Crippen LogP contribution in [0.25, 0.3) is 6.08 Å². The molecule has 1 saturated heterocycles. The molecule has 0 atom stereocenters. The SMILES string of the molecule is COCCCNc1nc(C)cc(N2CCN(C/C=C/c3ccccc3)CC2)n1. The van der Waals surface area contributed by atoms with Crippen molar-refractivity contribution in [1.29, 1.82) is 0 Å². The van der Waals surface area contributed by atoms with Crippen LogP contribution in [0.1, 0.15) is 17.7 Å². The summed E-state index contributed by atoms with van der Waals surface area (Å²) in [5, 5.41) is 3.30. The Morgan fingerprint density at radius 2 is 1.89 bits per heavy atom. The van der Waals surface area contributed by atoms with Gasteiger partial charge in [0.05, 0.1) is 0 Å². The zero-order valence-electron chi connectivity index (χ0n) is 17.0. The summed E-state index contributed by atoms with van der Waals surface area (Å²) in [7, 11) is 1.72. The van der Waals surface area contributed by atoms with E-state index >= 15 is 0 Å². The molecule has 1 aromatic heterocycles. The Morgan fingerprint density at radius 3 is 2.64 bits per heavy atom. The Hall–Kier alpha value is -2.44. The van der Waals surface area contributed by atoms with Gasteiger partial charge in [0.2, 0.25) is 5.95 Å². The number of nitrogens with zero attached hydrogens (tertiary/aromatic N) is 4. The van der Waals surface area contributed by atoms with E-state index in [1.807, 2.05) is 13.0 Å². The molecule has 0 radical (unpaired) electrons. The Bertz CT molecular complexity index is 742. The molecule has 1 N–H and O–H groups in total. The van der Waals surface area contributed by atoms with E-state index in [1.54, 1.807) is 7.11 Å². The van der Waals surface area contributed by atoms with Crippen molar-refractivity contribution in [1.82, 2.24) is 14.9 Å². The van der Waals surface area contributed by atoms with Gasteiger partial charge < -0.3 is 15.0 Å². The second kappa shape index (κ2) is 10.8. The van der Waals surface area contributed by atoms with Gasteiger partial charge in [0.25, 0.3) is 0 Å². The van der Waals surface area contributed by atoms with E-state index in [-0.39, 0.29) is 0 Å². The Balaban J connectivity index is 1.48. The number of anilines is 2. The fourth-order valence-electron chi connectivity index (χ4n) is 3.27. The first-order valence-corrected chi connectivity index (χ1v) is 10.0. The third-order valence-electron chi connectivity index (χ3n) is 4.82. The topological polar surface area (TPSA) is 53.5 Å². The van der Waals surface area contributed by atoms with Crippen LogP contribution in [0, 0.1) is 6.92 Å². The predicted octanol–water partition coefficient (Wildman–Crippen LogP) is 3.07. The number of piperazine rings is 1. The minimum atomic E-state index is 0.708. The van der Waals surface area contributed by atoms with E-state index in [1.165, 1.54) is 5.56 Å². The lowest BCUT2D eigenvalue weighted by Gasteiger charge is -2.35. The Morgan fingerprint density at radius 1 is 1.11 bits per heavy atom. The average molecular weight is 382 g/mol. The zero-order valence-corrected chi connectivity index (χ0v) is 17.0. The van der Waals surface area contributed by atoms with E-state index in [0.29, 0.717) is 5.95 Å². The second-order valence-corrected chi connectivity index (χ2v) is 7.06. The molecule has 0 spiro atoms. The molecule has 0 amide bonds. The summed E-state index contributed by atoms with van der Waals surface area (Å²) in [4.78, 5) is 14.0. The van der Waals surface area contributed by atoms with Crippen molar-refractivity contribution in [3.63, 3.8) is 0 Å². The molecule has 28 heavy (non-hydrogen) atoms. The molecule has 3 rings (SSSR count). The second-order valence-electron chi connectivity index (χ2n) is 7.06. The van der Waals surface area contributed by atoms with Crippen molar-refractivity contribution in [2.45, 2.75) is 13.3 Å². The van der Waals surface area contributed by atoms with Crippen LogP contribution < -0.4 is 10.2 Å². The molecule has 0 saturated carbocycles. The largest absolute Gasteiger partial charge is 0.385 e. The van der Waals surface area contributed by atoms with Crippen LogP contribution in [0.5, 0.6) is 0 Å². The van der Waals surface area contributed by atoms with Gasteiger partial charge >= 0.3 is 0 Å². The van der Waals surface area contributed by atoms with Gasteiger partial charge in [0.1, 0.15) is 5.82 Å². The van der Waals surface area contributed by atoms with Crippen LogP contribution in [-0.2, 0) is 4.74 Å². The summed E-state index contributed by atoms with van der Waals surface area (Å²) in [6.07, 6.45) is 5.39. The number of nitrogens with one attached hydrogen (secondary N) is 1. The Kier molecular flexibility index (Phi) is 7.82. The van der Waals surface area contributed by atoms with Crippen LogP contribution >= 0.6 is 0 Å². The molecule has 6 nitrogen and oxygen atoms in total. The van der Waals surface area contributed by atoms with Gasteiger partial charge in [-0.3, -0.25) is 4.90 Å². The highest BCUT2D eigenvalue weighted by molar-refractivity contribution is 5.49. The summed E-state index contributed by atoms with van der Waals surface area (Å²) < 4.78 is 5.09. The van der Waals surface area contributed by atoms with Crippen molar-refractivity contribution in [2.75, 3.05) is 63.2 Å². The van der Waals surface area contributed by atoms with Crippen LogP contribution in [-0.4, -0.2) is 67.9 Å². The highest BCUT2D eigenvalue weighted by atomic mass is 16.5. The first-order chi connectivity index (χ1) is 13.7. The lowest BCUT2D eigenvalue weighted by atomic mass is 10.2. The van der Waals surface area contributed by atoms with Crippen LogP contribution in [0.4, 0.5) is 11.8 Å². The zero-order chi connectivity index (χ0) is 19.6. The van der Waals surface area contributed by atoms with Crippen molar-refractivity contribution >= 4 is 17.8 Å². The molecule has 1 aliphatic rings. The van der Waals surface area contributed by atoms with Crippen molar-refractivity contribution in [2.24, 2.45) is 0 Å². The highest BCUT2D eigenvalue weighted by Crippen LogP contribution is 2.17. The average Bonchev–Trinajstić information content (AvgIpc) is 2.72. The van der Waals surface area contributed by atoms with E-state index in [2.05, 4.69) is 62.6 Å². The minimum absolute atomic E-state index is 0.708. The fourth-order valence-corrected chi connectivity index (χ4v) is 3.27. The molecular formula is C22H31N5O. The van der Waals surface area contributed by atoms with Crippen LogP contribution in [0.3, 0.4) is 0 Å². The number of hydrogen-bond acceptors (Lipinski definition) is 6. The summed E-state index contributed by atoms with van der Waals surface area (Å²) in [5.74, 6) is 1.72. The lowest BCUT2D eigenvalue weighted by Crippen LogP contribution is -2.46. The van der Waals surface area contributed by atoms with Crippen LogP contribution in [0.15, 0.2) is 42.5 Å². The number of ether oxygens (including phenoxy) is 1. The number of aromatic nitrogens is 2. The standard InChI is InChI=1S/C22H31N5O/c1-19-18-21(25-22(24-19)23-11-7-17-28-2)27-15-13-26(14-16-27)12-6-10-20-8-4-3-5-9-20/h3-6,8-10,18H,7,11-17H2,1-2H3,(H,23,24,25)/b10-6+. The van der Waals surface area contributed by atoms with Gasteiger partial charge in [-0.1, -0.05) is 42.5 Å². The molecule has 0 unspecified atom stereocenters. The molecule has 2 heterocycles. The van der Waals surface area contributed by atoms with Gasteiger partial charge in [0.15, 0.2) is 0 Å². The molecular weight excluding hydrogens is 350 g/mol. The summed E-state index contributed by atoms with van der Waals surface area (Å²) in [6.45, 7) is 8.62. The fraction of sp³-hybridized carbons (Fsp3) is 0.455. The first kappa shape index (κ1) is 20.3. The van der Waals surface area contributed by atoms with E-state index in [9.17, 15) is 0 Å². The van der Waals surface area contributed by atoms with Crippen molar-refractivity contribution in [3.8, 4) is 0 Å². The molecule has 1 fully saturated rings. The Labute approximate surface area is 168 Å².